The number of nitrogens with zero attached hydrogens (tertiary/aromatic N) is 1. The molecule has 0 saturated heterocycles. The van der Waals surface area contributed by atoms with Gasteiger partial charge in [0.05, 0.1) is 0 Å². The van der Waals surface area contributed by atoms with Gasteiger partial charge in [-0.2, -0.15) is 0 Å². The molecule has 0 radical (unpaired) electrons. The number of hydrogen-bond acceptors (Lipinski definition) is 1. The van der Waals surface area contributed by atoms with Crippen LogP contribution in [0.25, 0.3) is 0 Å². The summed E-state index contributed by atoms with van der Waals surface area (Å²) in [6, 6.07) is 0. The summed E-state index contributed by atoms with van der Waals surface area (Å²) in [6.45, 7) is 6.19. The Kier molecular flexibility index (Phi) is 4.30. The van der Waals surface area contributed by atoms with E-state index >= 15 is 0 Å². The molecule has 17 heavy (non-hydrogen) atoms. The summed E-state index contributed by atoms with van der Waals surface area (Å²) in [6.07, 6.45) is 7.18. The molecule has 0 bridgehead atoms. The van der Waals surface area contributed by atoms with Crippen molar-refractivity contribution in [3.8, 4) is 0 Å². The quantitative estimate of drug-likeness (QED) is 0.570. The van der Waals surface area contributed by atoms with Crippen LogP contribution in [0.15, 0.2) is 4.99 Å². The monoisotopic (exact) mass is 237 g/mol. The van der Waals surface area contributed by atoms with Gasteiger partial charge in [-0.25, -0.2) is 0 Å². The van der Waals surface area contributed by atoms with Crippen molar-refractivity contribution in [1.82, 2.24) is 5.32 Å². The number of rotatable bonds is 5. The van der Waals surface area contributed by atoms with E-state index in [2.05, 4.69) is 24.2 Å². The van der Waals surface area contributed by atoms with E-state index in [9.17, 15) is 0 Å². The van der Waals surface area contributed by atoms with Crippen LogP contribution in [0.3, 0.4) is 0 Å². The van der Waals surface area contributed by atoms with Crippen molar-refractivity contribution in [3.05, 3.63) is 0 Å². The highest BCUT2D eigenvalue weighted by atomic mass is 15.1. The Balaban J connectivity index is 1.71. The second-order valence-electron chi connectivity index (χ2n) is 6.19. The normalized spacial score (nSPS) is 29.9. The average molecular weight is 237 g/mol. The Hall–Kier alpha value is -0.730. The van der Waals surface area contributed by atoms with Crippen molar-refractivity contribution >= 4 is 5.96 Å². The fraction of sp³-hybridized carbons (Fsp3) is 0.929. The molecule has 2 aliphatic carbocycles. The summed E-state index contributed by atoms with van der Waals surface area (Å²) in [5.41, 5.74) is 5.88. The molecule has 2 unspecified atom stereocenters. The lowest BCUT2D eigenvalue weighted by molar-refractivity contribution is 0.344. The third-order valence-electron chi connectivity index (χ3n) is 4.12. The highest BCUT2D eigenvalue weighted by molar-refractivity contribution is 5.77. The lowest BCUT2D eigenvalue weighted by Gasteiger charge is -2.19. The number of hydrogen-bond donors (Lipinski definition) is 2. The van der Waals surface area contributed by atoms with Crippen molar-refractivity contribution in [1.29, 1.82) is 0 Å². The molecule has 2 fully saturated rings. The maximum absolute atomic E-state index is 5.88. The van der Waals surface area contributed by atoms with Crippen LogP contribution in [-0.4, -0.2) is 19.0 Å². The van der Waals surface area contributed by atoms with Crippen LogP contribution in [-0.2, 0) is 0 Å². The number of nitrogens with one attached hydrogen (secondary N) is 1. The van der Waals surface area contributed by atoms with Crippen molar-refractivity contribution in [2.45, 2.75) is 46.0 Å². The summed E-state index contributed by atoms with van der Waals surface area (Å²) < 4.78 is 0. The number of nitrogens with two attached hydrogens (primary N) is 1. The van der Waals surface area contributed by atoms with Gasteiger partial charge in [0.15, 0.2) is 5.96 Å². The Morgan fingerprint density at radius 2 is 2.06 bits per heavy atom. The van der Waals surface area contributed by atoms with Crippen molar-refractivity contribution in [2.75, 3.05) is 13.1 Å². The zero-order valence-electron chi connectivity index (χ0n) is 11.3. The lowest BCUT2D eigenvalue weighted by Crippen LogP contribution is -2.37. The minimum Gasteiger partial charge on any atom is -0.370 e. The van der Waals surface area contributed by atoms with Gasteiger partial charge in [-0.05, 0) is 49.4 Å². The molecule has 2 rings (SSSR count). The Bertz CT molecular complexity index is 269. The molecule has 0 aromatic rings. The predicted octanol–water partition coefficient (Wildman–Crippen LogP) is 2.37. The first-order valence-corrected chi connectivity index (χ1v) is 7.20. The van der Waals surface area contributed by atoms with Gasteiger partial charge in [0, 0.05) is 13.1 Å². The zero-order chi connectivity index (χ0) is 12.3. The molecule has 0 amide bonds. The maximum atomic E-state index is 5.88. The standard InChI is InChI=1S/C14H27N3/c1-10(2)8-16-14(15)17-9-12-4-3-5-13(12)11-6-7-11/h10-13H,3-9H2,1-2H3,(H3,15,16,17). The molecule has 3 heteroatoms. The van der Waals surface area contributed by atoms with E-state index in [1.54, 1.807) is 0 Å². The fourth-order valence-corrected chi connectivity index (χ4v) is 3.04. The van der Waals surface area contributed by atoms with E-state index in [4.69, 9.17) is 5.73 Å². The van der Waals surface area contributed by atoms with Crippen molar-refractivity contribution in [3.63, 3.8) is 0 Å². The highest BCUT2D eigenvalue weighted by Crippen LogP contribution is 2.47. The summed E-state index contributed by atoms with van der Waals surface area (Å²) in [7, 11) is 0. The minimum atomic E-state index is 0.584. The van der Waals surface area contributed by atoms with Crippen LogP contribution in [0, 0.1) is 23.7 Å². The van der Waals surface area contributed by atoms with Crippen LogP contribution in [0.5, 0.6) is 0 Å². The predicted molar refractivity (Wildman–Crippen MR) is 72.9 cm³/mol. The Morgan fingerprint density at radius 3 is 2.71 bits per heavy atom. The van der Waals surface area contributed by atoms with Gasteiger partial charge in [0.2, 0.25) is 0 Å². The molecule has 0 aromatic heterocycles. The summed E-state index contributed by atoms with van der Waals surface area (Å²) in [5, 5.41) is 3.32. The average Bonchev–Trinajstić information content (AvgIpc) is 3.03. The molecule has 0 spiro atoms. The third kappa shape index (κ3) is 3.90. The first-order valence-electron chi connectivity index (χ1n) is 7.20. The van der Waals surface area contributed by atoms with Crippen LogP contribution in [0.2, 0.25) is 0 Å². The van der Waals surface area contributed by atoms with E-state index in [0.29, 0.717) is 11.9 Å². The van der Waals surface area contributed by atoms with Gasteiger partial charge in [-0.15, -0.1) is 0 Å². The largest absolute Gasteiger partial charge is 0.370 e. The SMILES string of the molecule is CC(C)CN=C(N)NCC1CCCC1C1CC1. The smallest absolute Gasteiger partial charge is 0.188 e. The van der Waals surface area contributed by atoms with Gasteiger partial charge in [-0.3, -0.25) is 4.99 Å². The van der Waals surface area contributed by atoms with E-state index in [1.807, 2.05) is 0 Å². The van der Waals surface area contributed by atoms with Crippen molar-refractivity contribution in [2.24, 2.45) is 34.4 Å². The van der Waals surface area contributed by atoms with Gasteiger partial charge < -0.3 is 11.1 Å². The molecule has 98 valence electrons. The van der Waals surface area contributed by atoms with Gasteiger partial charge >= 0.3 is 0 Å². The molecule has 0 aliphatic heterocycles. The van der Waals surface area contributed by atoms with Crippen LogP contribution in [0.1, 0.15) is 46.0 Å². The molecule has 2 saturated carbocycles. The Morgan fingerprint density at radius 1 is 1.29 bits per heavy atom. The molecule has 2 aliphatic rings. The molecule has 2 atom stereocenters. The lowest BCUT2D eigenvalue weighted by atomic mass is 9.91. The first-order chi connectivity index (χ1) is 8.16. The molecule has 0 aromatic carbocycles. The first kappa shape index (κ1) is 12.7. The van der Waals surface area contributed by atoms with Gasteiger partial charge in [-0.1, -0.05) is 20.3 Å². The number of guanidine groups is 1. The summed E-state index contributed by atoms with van der Waals surface area (Å²) in [5.74, 6) is 4.08. The van der Waals surface area contributed by atoms with E-state index in [1.165, 1.54) is 32.1 Å². The van der Waals surface area contributed by atoms with Gasteiger partial charge in [0.1, 0.15) is 0 Å². The van der Waals surface area contributed by atoms with E-state index in [0.717, 1.165) is 30.8 Å². The van der Waals surface area contributed by atoms with Gasteiger partial charge in [0.25, 0.3) is 0 Å². The molecule has 3 N–H and O–H groups in total. The zero-order valence-corrected chi connectivity index (χ0v) is 11.3. The highest BCUT2D eigenvalue weighted by Gasteiger charge is 2.38. The second-order valence-corrected chi connectivity index (χ2v) is 6.19. The molecular weight excluding hydrogens is 210 g/mol. The Labute approximate surface area is 105 Å². The van der Waals surface area contributed by atoms with Crippen LogP contribution in [0.4, 0.5) is 0 Å². The summed E-state index contributed by atoms with van der Waals surface area (Å²) >= 11 is 0. The third-order valence-corrected chi connectivity index (χ3v) is 4.12. The minimum absolute atomic E-state index is 0.584. The molecule has 0 heterocycles. The van der Waals surface area contributed by atoms with E-state index < -0.39 is 0 Å². The molecular formula is C14H27N3. The topological polar surface area (TPSA) is 50.4 Å². The number of aliphatic imine (C=N–C) groups is 1. The summed E-state index contributed by atoms with van der Waals surface area (Å²) in [4.78, 5) is 4.35. The van der Waals surface area contributed by atoms with Crippen molar-refractivity contribution < 1.29 is 0 Å². The van der Waals surface area contributed by atoms with Crippen LogP contribution < -0.4 is 11.1 Å². The maximum Gasteiger partial charge on any atom is 0.188 e. The van der Waals surface area contributed by atoms with E-state index in [-0.39, 0.29) is 0 Å². The fourth-order valence-electron chi connectivity index (χ4n) is 3.04. The second kappa shape index (κ2) is 5.74. The van der Waals surface area contributed by atoms with Crippen LogP contribution >= 0.6 is 0 Å². The molecule has 3 nitrogen and oxygen atoms in total.